The molecular weight excluding hydrogens is 224 g/mol. The summed E-state index contributed by atoms with van der Waals surface area (Å²) in [6, 6.07) is 1.97. The van der Waals surface area contributed by atoms with Gasteiger partial charge in [0.05, 0.1) is 19.5 Å². The Kier molecular flexibility index (Phi) is 4.44. The standard InChI is InChI=1S/C12H19ClN2O/c1-8-6-10(16-5)12(9(2)11(8)13)15(4)7-14-3/h6,14H,7H2,1-5H3. The van der Waals surface area contributed by atoms with Gasteiger partial charge in [-0.15, -0.1) is 0 Å². The summed E-state index contributed by atoms with van der Waals surface area (Å²) in [6.45, 7) is 4.75. The van der Waals surface area contributed by atoms with Crippen LogP contribution in [0.5, 0.6) is 5.75 Å². The zero-order valence-electron chi connectivity index (χ0n) is 10.5. The largest absolute Gasteiger partial charge is 0.495 e. The summed E-state index contributed by atoms with van der Waals surface area (Å²) in [7, 11) is 5.60. The fraction of sp³-hybridized carbons (Fsp3) is 0.500. The van der Waals surface area contributed by atoms with E-state index in [0.717, 1.165) is 34.3 Å². The predicted molar refractivity (Wildman–Crippen MR) is 69.8 cm³/mol. The third kappa shape index (κ3) is 2.42. The molecule has 0 bridgehead atoms. The zero-order valence-corrected chi connectivity index (χ0v) is 11.3. The van der Waals surface area contributed by atoms with Crippen molar-refractivity contribution in [2.24, 2.45) is 0 Å². The van der Waals surface area contributed by atoms with E-state index in [9.17, 15) is 0 Å². The lowest BCUT2D eigenvalue weighted by Gasteiger charge is -2.24. The van der Waals surface area contributed by atoms with Crippen molar-refractivity contribution in [2.45, 2.75) is 13.8 Å². The monoisotopic (exact) mass is 242 g/mol. The topological polar surface area (TPSA) is 24.5 Å². The van der Waals surface area contributed by atoms with Gasteiger partial charge in [-0.2, -0.15) is 0 Å². The Bertz CT molecular complexity index is 380. The lowest BCUT2D eigenvalue weighted by Crippen LogP contribution is -2.29. The molecule has 1 rings (SSSR count). The highest BCUT2D eigenvalue weighted by Gasteiger charge is 2.15. The molecule has 0 amide bonds. The first kappa shape index (κ1) is 13.1. The summed E-state index contributed by atoms with van der Waals surface area (Å²) < 4.78 is 5.40. The van der Waals surface area contributed by atoms with Crippen molar-refractivity contribution < 1.29 is 4.74 Å². The van der Waals surface area contributed by atoms with Crippen LogP contribution in [0.1, 0.15) is 11.1 Å². The molecule has 1 aromatic rings. The first-order chi connectivity index (χ1) is 7.52. The van der Waals surface area contributed by atoms with Gasteiger partial charge in [0.1, 0.15) is 5.75 Å². The maximum atomic E-state index is 6.25. The number of benzene rings is 1. The highest BCUT2D eigenvalue weighted by Crippen LogP contribution is 2.37. The number of hydrogen-bond acceptors (Lipinski definition) is 3. The summed E-state index contributed by atoms with van der Waals surface area (Å²) in [4.78, 5) is 2.08. The molecule has 0 spiro atoms. The van der Waals surface area contributed by atoms with E-state index in [1.807, 2.05) is 34.0 Å². The molecule has 0 fully saturated rings. The number of halogens is 1. The van der Waals surface area contributed by atoms with Crippen LogP contribution in [0, 0.1) is 13.8 Å². The molecule has 4 heteroatoms. The number of ether oxygens (including phenoxy) is 1. The van der Waals surface area contributed by atoms with Crippen molar-refractivity contribution >= 4 is 17.3 Å². The van der Waals surface area contributed by atoms with E-state index >= 15 is 0 Å². The zero-order chi connectivity index (χ0) is 12.3. The quantitative estimate of drug-likeness (QED) is 0.822. The lowest BCUT2D eigenvalue weighted by atomic mass is 10.1. The van der Waals surface area contributed by atoms with Crippen molar-refractivity contribution in [3.63, 3.8) is 0 Å². The van der Waals surface area contributed by atoms with Crippen LogP contribution in [-0.4, -0.2) is 27.9 Å². The Labute approximate surface area is 102 Å². The summed E-state index contributed by atoms with van der Waals surface area (Å²) >= 11 is 6.25. The number of aryl methyl sites for hydroxylation is 1. The first-order valence-corrected chi connectivity index (χ1v) is 5.60. The third-order valence-electron chi connectivity index (χ3n) is 2.61. The molecule has 0 saturated heterocycles. The Hall–Kier alpha value is -0.930. The molecule has 0 atom stereocenters. The summed E-state index contributed by atoms with van der Waals surface area (Å²) in [5, 5.41) is 3.91. The molecule has 0 aliphatic carbocycles. The molecule has 0 saturated carbocycles. The lowest BCUT2D eigenvalue weighted by molar-refractivity contribution is 0.414. The minimum absolute atomic E-state index is 0.747. The van der Waals surface area contributed by atoms with Gasteiger partial charge in [0.15, 0.2) is 0 Å². The van der Waals surface area contributed by atoms with Crippen LogP contribution in [-0.2, 0) is 0 Å². The first-order valence-electron chi connectivity index (χ1n) is 5.22. The summed E-state index contributed by atoms with van der Waals surface area (Å²) in [6.07, 6.45) is 0. The van der Waals surface area contributed by atoms with E-state index < -0.39 is 0 Å². The van der Waals surface area contributed by atoms with Gasteiger partial charge < -0.3 is 15.0 Å². The van der Waals surface area contributed by atoms with Crippen LogP contribution in [0.25, 0.3) is 0 Å². The molecule has 0 radical (unpaired) electrons. The van der Waals surface area contributed by atoms with Crippen molar-refractivity contribution in [2.75, 3.05) is 32.8 Å². The third-order valence-corrected chi connectivity index (χ3v) is 3.19. The summed E-state index contributed by atoms with van der Waals surface area (Å²) in [5.41, 5.74) is 3.13. The van der Waals surface area contributed by atoms with E-state index in [1.165, 1.54) is 0 Å². The van der Waals surface area contributed by atoms with Gasteiger partial charge in [0.25, 0.3) is 0 Å². The normalized spacial score (nSPS) is 10.4. The SMILES string of the molecule is CNCN(C)c1c(OC)cc(C)c(Cl)c1C. The molecular formula is C12H19ClN2O. The molecule has 16 heavy (non-hydrogen) atoms. The Balaban J connectivity index is 3.29. The van der Waals surface area contributed by atoms with Gasteiger partial charge in [-0.3, -0.25) is 0 Å². The van der Waals surface area contributed by atoms with Gasteiger partial charge in [0.2, 0.25) is 0 Å². The van der Waals surface area contributed by atoms with E-state index in [4.69, 9.17) is 16.3 Å². The van der Waals surface area contributed by atoms with Crippen LogP contribution < -0.4 is 15.0 Å². The number of nitrogens with one attached hydrogen (secondary N) is 1. The van der Waals surface area contributed by atoms with Crippen molar-refractivity contribution in [3.05, 3.63) is 22.2 Å². The molecule has 90 valence electrons. The van der Waals surface area contributed by atoms with Gasteiger partial charge in [0, 0.05) is 12.1 Å². The van der Waals surface area contributed by atoms with Crippen molar-refractivity contribution in [1.82, 2.24) is 5.32 Å². The van der Waals surface area contributed by atoms with Gasteiger partial charge in [-0.25, -0.2) is 0 Å². The van der Waals surface area contributed by atoms with Crippen molar-refractivity contribution in [3.8, 4) is 5.75 Å². The van der Waals surface area contributed by atoms with Crippen molar-refractivity contribution in [1.29, 1.82) is 0 Å². The maximum absolute atomic E-state index is 6.25. The number of rotatable bonds is 4. The Morgan fingerprint density at radius 3 is 2.56 bits per heavy atom. The second kappa shape index (κ2) is 5.41. The second-order valence-corrected chi connectivity index (χ2v) is 4.27. The maximum Gasteiger partial charge on any atom is 0.142 e. The molecule has 0 heterocycles. The number of methoxy groups -OCH3 is 1. The smallest absolute Gasteiger partial charge is 0.142 e. The van der Waals surface area contributed by atoms with Crippen LogP contribution in [0.3, 0.4) is 0 Å². The van der Waals surface area contributed by atoms with Gasteiger partial charge in [-0.05, 0) is 38.1 Å². The minimum atomic E-state index is 0.747. The van der Waals surface area contributed by atoms with Gasteiger partial charge >= 0.3 is 0 Å². The van der Waals surface area contributed by atoms with Crippen LogP contribution in [0.15, 0.2) is 6.07 Å². The van der Waals surface area contributed by atoms with E-state index in [-0.39, 0.29) is 0 Å². The average Bonchev–Trinajstić information content (AvgIpc) is 2.25. The molecule has 0 aliphatic heterocycles. The molecule has 0 aliphatic rings. The number of hydrogen-bond donors (Lipinski definition) is 1. The average molecular weight is 243 g/mol. The molecule has 3 nitrogen and oxygen atoms in total. The molecule has 0 aromatic heterocycles. The van der Waals surface area contributed by atoms with Crippen LogP contribution in [0.2, 0.25) is 5.02 Å². The molecule has 1 N–H and O–H groups in total. The van der Waals surface area contributed by atoms with Crippen LogP contribution >= 0.6 is 11.6 Å². The van der Waals surface area contributed by atoms with E-state index in [2.05, 4.69) is 10.2 Å². The van der Waals surface area contributed by atoms with Crippen LogP contribution in [0.4, 0.5) is 5.69 Å². The minimum Gasteiger partial charge on any atom is -0.495 e. The van der Waals surface area contributed by atoms with Gasteiger partial charge in [-0.1, -0.05) is 11.6 Å². The highest BCUT2D eigenvalue weighted by atomic mass is 35.5. The Morgan fingerprint density at radius 1 is 1.44 bits per heavy atom. The fourth-order valence-corrected chi connectivity index (χ4v) is 2.00. The predicted octanol–water partition coefficient (Wildman–Crippen LogP) is 2.58. The molecule has 0 unspecified atom stereocenters. The molecule has 1 aromatic carbocycles. The van der Waals surface area contributed by atoms with E-state index in [0.29, 0.717) is 0 Å². The highest BCUT2D eigenvalue weighted by molar-refractivity contribution is 6.32. The second-order valence-electron chi connectivity index (χ2n) is 3.89. The fourth-order valence-electron chi connectivity index (χ4n) is 1.86. The van der Waals surface area contributed by atoms with E-state index in [1.54, 1.807) is 7.11 Å². The Morgan fingerprint density at radius 2 is 2.06 bits per heavy atom. The number of anilines is 1. The number of nitrogens with zero attached hydrogens (tertiary/aromatic N) is 1. The summed E-state index contributed by atoms with van der Waals surface area (Å²) in [5.74, 6) is 0.858.